The van der Waals surface area contributed by atoms with E-state index in [-0.39, 0.29) is 24.5 Å². The molecule has 3 atom stereocenters. The first-order chi connectivity index (χ1) is 8.96. The standard InChI is InChI=1S/C14H19NO3S/c1-13(2)8-14(12(17)18-13)6-9(7-16)11(15-14)10-4-3-5-19-10/h3-5,9,11,15-16H,6-8H2,1-2H3/t9-,11-,14-/m1/s1. The first kappa shape index (κ1) is 13.1. The van der Waals surface area contributed by atoms with E-state index < -0.39 is 11.1 Å². The van der Waals surface area contributed by atoms with Gasteiger partial charge in [-0.15, -0.1) is 11.3 Å². The molecule has 2 aliphatic rings. The van der Waals surface area contributed by atoms with Crippen molar-refractivity contribution in [1.82, 2.24) is 5.32 Å². The molecule has 0 unspecified atom stereocenters. The normalized spacial score (nSPS) is 36.9. The Morgan fingerprint density at radius 3 is 2.89 bits per heavy atom. The third kappa shape index (κ3) is 2.10. The molecular formula is C14H19NO3S. The van der Waals surface area contributed by atoms with Crippen molar-refractivity contribution in [2.75, 3.05) is 6.61 Å². The number of hydrogen-bond donors (Lipinski definition) is 2. The molecule has 2 fully saturated rings. The van der Waals surface area contributed by atoms with E-state index in [0.717, 1.165) is 0 Å². The predicted octanol–water partition coefficient (Wildman–Crippen LogP) is 1.86. The Morgan fingerprint density at radius 1 is 1.58 bits per heavy atom. The molecule has 1 spiro atoms. The third-order valence-electron chi connectivity index (χ3n) is 4.09. The van der Waals surface area contributed by atoms with Crippen molar-refractivity contribution in [1.29, 1.82) is 0 Å². The molecule has 0 amide bonds. The maximum Gasteiger partial charge on any atom is 0.327 e. The highest BCUT2D eigenvalue weighted by atomic mass is 32.1. The topological polar surface area (TPSA) is 58.6 Å². The summed E-state index contributed by atoms with van der Waals surface area (Å²) in [6.07, 6.45) is 1.31. The smallest absolute Gasteiger partial charge is 0.327 e. The van der Waals surface area contributed by atoms with Gasteiger partial charge in [-0.25, -0.2) is 0 Å². The van der Waals surface area contributed by atoms with Gasteiger partial charge in [0, 0.05) is 29.9 Å². The van der Waals surface area contributed by atoms with Crippen molar-refractivity contribution < 1.29 is 14.6 Å². The summed E-state index contributed by atoms with van der Waals surface area (Å²) < 4.78 is 5.47. The Bertz CT molecular complexity index is 485. The second-order valence-electron chi connectivity index (χ2n) is 6.19. The van der Waals surface area contributed by atoms with Crippen molar-refractivity contribution in [3.63, 3.8) is 0 Å². The molecule has 3 rings (SSSR count). The summed E-state index contributed by atoms with van der Waals surface area (Å²) in [7, 11) is 0. The van der Waals surface area contributed by atoms with E-state index in [1.807, 2.05) is 25.3 Å². The number of cyclic esters (lactones) is 1. The number of ether oxygens (including phenoxy) is 1. The first-order valence-electron chi connectivity index (χ1n) is 6.61. The van der Waals surface area contributed by atoms with Gasteiger partial charge in [-0.3, -0.25) is 10.1 Å². The van der Waals surface area contributed by atoms with Gasteiger partial charge in [-0.05, 0) is 31.7 Å². The van der Waals surface area contributed by atoms with Gasteiger partial charge in [0.2, 0.25) is 0 Å². The first-order valence-corrected chi connectivity index (χ1v) is 7.49. The quantitative estimate of drug-likeness (QED) is 0.812. The summed E-state index contributed by atoms with van der Waals surface area (Å²) in [4.78, 5) is 13.4. The molecule has 0 bridgehead atoms. The van der Waals surface area contributed by atoms with Crippen molar-refractivity contribution in [3.05, 3.63) is 22.4 Å². The van der Waals surface area contributed by atoms with Gasteiger partial charge in [-0.1, -0.05) is 6.07 Å². The fraction of sp³-hybridized carbons (Fsp3) is 0.643. The molecule has 2 N–H and O–H groups in total. The second-order valence-corrected chi connectivity index (χ2v) is 7.17. The number of nitrogens with one attached hydrogen (secondary N) is 1. The van der Waals surface area contributed by atoms with E-state index in [1.54, 1.807) is 11.3 Å². The summed E-state index contributed by atoms with van der Waals surface area (Å²) in [5.41, 5.74) is -1.04. The van der Waals surface area contributed by atoms with Gasteiger partial charge >= 0.3 is 5.97 Å². The lowest BCUT2D eigenvalue weighted by Gasteiger charge is -2.21. The molecule has 104 valence electrons. The Kier molecular flexibility index (Phi) is 2.96. The molecule has 2 aliphatic heterocycles. The Hall–Kier alpha value is -0.910. The van der Waals surface area contributed by atoms with Crippen LogP contribution in [0.1, 0.15) is 37.6 Å². The van der Waals surface area contributed by atoms with Gasteiger partial charge in [0.25, 0.3) is 0 Å². The van der Waals surface area contributed by atoms with Gasteiger partial charge in [-0.2, -0.15) is 0 Å². The minimum atomic E-state index is -0.619. The molecule has 0 aromatic carbocycles. The molecule has 0 radical (unpaired) electrons. The number of carbonyl (C=O) groups excluding carboxylic acids is 1. The lowest BCUT2D eigenvalue weighted by Crippen LogP contribution is -2.45. The monoisotopic (exact) mass is 281 g/mol. The molecule has 19 heavy (non-hydrogen) atoms. The van der Waals surface area contributed by atoms with Crippen LogP contribution in [0.3, 0.4) is 0 Å². The molecule has 5 heteroatoms. The van der Waals surface area contributed by atoms with Gasteiger partial charge < -0.3 is 9.84 Å². The largest absolute Gasteiger partial charge is 0.458 e. The van der Waals surface area contributed by atoms with Crippen LogP contribution in [0.4, 0.5) is 0 Å². The van der Waals surface area contributed by atoms with Crippen molar-refractivity contribution in [2.45, 2.75) is 43.9 Å². The SMILES string of the molecule is CC1(C)C[C@]2(C[C@H](CO)[C@H](c3cccs3)N2)C(=O)O1. The van der Waals surface area contributed by atoms with E-state index in [1.165, 1.54) is 4.88 Å². The van der Waals surface area contributed by atoms with Crippen LogP contribution in [0, 0.1) is 5.92 Å². The van der Waals surface area contributed by atoms with Crippen LogP contribution in [-0.4, -0.2) is 28.8 Å². The van der Waals surface area contributed by atoms with Crippen molar-refractivity contribution in [3.8, 4) is 0 Å². The van der Waals surface area contributed by atoms with Crippen LogP contribution < -0.4 is 5.32 Å². The van der Waals surface area contributed by atoms with Crippen LogP contribution >= 0.6 is 11.3 Å². The number of hydrogen-bond acceptors (Lipinski definition) is 5. The average Bonchev–Trinajstić information content (AvgIpc) is 2.97. The lowest BCUT2D eigenvalue weighted by molar-refractivity contribution is -0.149. The minimum absolute atomic E-state index is 0.0476. The maximum atomic E-state index is 12.2. The number of aliphatic hydroxyl groups is 1. The zero-order chi connectivity index (χ0) is 13.7. The zero-order valence-electron chi connectivity index (χ0n) is 11.2. The number of rotatable bonds is 2. The number of esters is 1. The Morgan fingerprint density at radius 2 is 2.37 bits per heavy atom. The molecule has 0 saturated carbocycles. The van der Waals surface area contributed by atoms with Crippen LogP contribution in [0.2, 0.25) is 0 Å². The van der Waals surface area contributed by atoms with E-state index >= 15 is 0 Å². The molecule has 1 aromatic heterocycles. The molecule has 0 aliphatic carbocycles. The number of aliphatic hydroxyl groups excluding tert-OH is 1. The second kappa shape index (κ2) is 4.30. The van der Waals surface area contributed by atoms with Gasteiger partial charge in [0.15, 0.2) is 0 Å². The van der Waals surface area contributed by atoms with Crippen molar-refractivity contribution in [2.24, 2.45) is 5.92 Å². The zero-order valence-corrected chi connectivity index (χ0v) is 12.0. The molecule has 2 saturated heterocycles. The molecule has 4 nitrogen and oxygen atoms in total. The lowest BCUT2D eigenvalue weighted by atomic mass is 9.86. The summed E-state index contributed by atoms with van der Waals surface area (Å²) in [6, 6.07) is 4.10. The predicted molar refractivity (Wildman–Crippen MR) is 72.9 cm³/mol. The highest BCUT2D eigenvalue weighted by molar-refractivity contribution is 7.10. The van der Waals surface area contributed by atoms with E-state index in [9.17, 15) is 9.90 Å². The van der Waals surface area contributed by atoms with E-state index in [0.29, 0.717) is 12.8 Å². The fourth-order valence-electron chi connectivity index (χ4n) is 3.43. The maximum absolute atomic E-state index is 12.2. The van der Waals surface area contributed by atoms with Gasteiger partial charge in [0.05, 0.1) is 0 Å². The highest BCUT2D eigenvalue weighted by Crippen LogP contribution is 2.47. The minimum Gasteiger partial charge on any atom is -0.458 e. The third-order valence-corrected chi connectivity index (χ3v) is 5.04. The van der Waals surface area contributed by atoms with E-state index in [2.05, 4.69) is 11.4 Å². The molecule has 1 aromatic rings. The Labute approximate surface area is 116 Å². The average molecular weight is 281 g/mol. The summed E-state index contributed by atoms with van der Waals surface area (Å²) in [5, 5.41) is 15.1. The van der Waals surface area contributed by atoms with Crippen LogP contribution in [0.15, 0.2) is 17.5 Å². The fourth-order valence-corrected chi connectivity index (χ4v) is 4.30. The molecular weight excluding hydrogens is 262 g/mol. The highest BCUT2D eigenvalue weighted by Gasteiger charge is 2.58. The van der Waals surface area contributed by atoms with Crippen LogP contribution in [-0.2, 0) is 9.53 Å². The molecule has 3 heterocycles. The number of carbonyl (C=O) groups is 1. The van der Waals surface area contributed by atoms with E-state index in [4.69, 9.17) is 4.74 Å². The van der Waals surface area contributed by atoms with Gasteiger partial charge in [0.1, 0.15) is 11.1 Å². The number of thiophene rings is 1. The summed E-state index contributed by atoms with van der Waals surface area (Å²) in [5.74, 6) is -0.102. The summed E-state index contributed by atoms with van der Waals surface area (Å²) in [6.45, 7) is 3.96. The van der Waals surface area contributed by atoms with Crippen molar-refractivity contribution >= 4 is 17.3 Å². The van der Waals surface area contributed by atoms with Crippen LogP contribution in [0.25, 0.3) is 0 Å². The Balaban J connectivity index is 1.90. The summed E-state index contributed by atoms with van der Waals surface area (Å²) >= 11 is 1.66. The van der Waals surface area contributed by atoms with Crippen LogP contribution in [0.5, 0.6) is 0 Å².